The maximum Gasteiger partial charge on any atom is 0.222 e. The molecule has 1 unspecified atom stereocenters. The Morgan fingerprint density at radius 2 is 2.17 bits per heavy atom. The summed E-state index contributed by atoms with van der Waals surface area (Å²) in [5, 5.41) is 16.8. The molecule has 1 amide bonds. The molecule has 1 N–H and O–H groups in total. The second-order valence-corrected chi connectivity index (χ2v) is 8.05. The summed E-state index contributed by atoms with van der Waals surface area (Å²) in [5.74, 6) is 1.41. The number of carbonyl (C=O) groups is 1. The monoisotopic (exact) mass is 393 g/mol. The van der Waals surface area contributed by atoms with Gasteiger partial charge >= 0.3 is 0 Å². The van der Waals surface area contributed by atoms with E-state index in [2.05, 4.69) is 26.3 Å². The summed E-state index contributed by atoms with van der Waals surface area (Å²) in [4.78, 5) is 14.9. The van der Waals surface area contributed by atoms with Crippen LogP contribution in [0.4, 0.5) is 0 Å². The SMILES string of the molecule is O=C(CCc1cc2n(n1)CCCNC2)N1CCCC(c2nnc3ccccn23)C1. The minimum absolute atomic E-state index is 0.213. The van der Waals surface area contributed by atoms with Gasteiger partial charge in [0.15, 0.2) is 5.65 Å². The van der Waals surface area contributed by atoms with E-state index in [1.165, 1.54) is 5.69 Å². The molecule has 0 bridgehead atoms. The highest BCUT2D eigenvalue weighted by Gasteiger charge is 2.27. The zero-order valence-electron chi connectivity index (χ0n) is 16.6. The number of likely N-dealkylation sites (tertiary alicyclic amines) is 1. The standard InChI is InChI=1S/C21H27N7O/c29-20(8-7-17-13-18-14-22-9-4-12-28(18)25-17)26-10-3-5-16(15-26)21-24-23-19-6-1-2-11-27(19)21/h1-2,6,11,13,16,22H,3-5,7-10,12,14-15H2. The number of aryl methyl sites for hydroxylation is 2. The number of aromatic nitrogens is 5. The van der Waals surface area contributed by atoms with Crippen LogP contribution in [0, 0.1) is 0 Å². The number of hydrogen-bond donors (Lipinski definition) is 1. The molecule has 0 saturated carbocycles. The van der Waals surface area contributed by atoms with Crippen molar-refractivity contribution in [3.05, 3.63) is 47.7 Å². The van der Waals surface area contributed by atoms with Crippen LogP contribution in [0.25, 0.3) is 5.65 Å². The van der Waals surface area contributed by atoms with E-state index in [1.54, 1.807) is 0 Å². The van der Waals surface area contributed by atoms with E-state index in [9.17, 15) is 4.79 Å². The second kappa shape index (κ2) is 7.94. The van der Waals surface area contributed by atoms with Gasteiger partial charge in [-0.25, -0.2) is 0 Å². The highest BCUT2D eigenvalue weighted by Crippen LogP contribution is 2.26. The number of nitrogens with one attached hydrogen (secondary N) is 1. The van der Waals surface area contributed by atoms with Gasteiger partial charge in [0.2, 0.25) is 5.91 Å². The fourth-order valence-electron chi connectivity index (χ4n) is 4.49. The molecular weight excluding hydrogens is 366 g/mol. The van der Waals surface area contributed by atoms with E-state index in [0.717, 1.165) is 69.2 Å². The lowest BCUT2D eigenvalue weighted by atomic mass is 9.96. The molecule has 3 aromatic heterocycles. The molecule has 1 saturated heterocycles. The largest absolute Gasteiger partial charge is 0.342 e. The number of carbonyl (C=O) groups excluding carboxylic acids is 1. The minimum Gasteiger partial charge on any atom is -0.342 e. The Labute approximate surface area is 169 Å². The van der Waals surface area contributed by atoms with E-state index in [-0.39, 0.29) is 11.8 Å². The summed E-state index contributed by atoms with van der Waals surface area (Å²) < 4.78 is 4.14. The third-order valence-corrected chi connectivity index (χ3v) is 6.02. The van der Waals surface area contributed by atoms with Gasteiger partial charge in [0.05, 0.1) is 11.4 Å². The molecule has 0 aromatic carbocycles. The van der Waals surface area contributed by atoms with Crippen molar-refractivity contribution in [2.24, 2.45) is 0 Å². The van der Waals surface area contributed by atoms with Crippen molar-refractivity contribution in [1.29, 1.82) is 0 Å². The molecule has 8 nitrogen and oxygen atoms in total. The molecule has 1 fully saturated rings. The molecule has 2 aliphatic heterocycles. The smallest absolute Gasteiger partial charge is 0.222 e. The van der Waals surface area contributed by atoms with E-state index in [4.69, 9.17) is 5.10 Å². The first-order valence-corrected chi connectivity index (χ1v) is 10.6. The van der Waals surface area contributed by atoms with Gasteiger partial charge in [-0.2, -0.15) is 5.10 Å². The molecule has 1 atom stereocenters. The summed E-state index contributed by atoms with van der Waals surface area (Å²) in [5.41, 5.74) is 3.11. The van der Waals surface area contributed by atoms with Gasteiger partial charge in [-0.15, -0.1) is 10.2 Å². The molecule has 5 heterocycles. The zero-order chi connectivity index (χ0) is 19.6. The van der Waals surface area contributed by atoms with Crippen molar-refractivity contribution in [2.75, 3.05) is 19.6 Å². The lowest BCUT2D eigenvalue weighted by Gasteiger charge is -2.32. The number of fused-ring (bicyclic) bond motifs is 2. The molecule has 29 heavy (non-hydrogen) atoms. The first kappa shape index (κ1) is 18.3. The van der Waals surface area contributed by atoms with Crippen LogP contribution >= 0.6 is 0 Å². The number of piperidine rings is 1. The molecule has 0 radical (unpaired) electrons. The van der Waals surface area contributed by atoms with E-state index in [1.807, 2.05) is 33.7 Å². The van der Waals surface area contributed by atoms with Gasteiger partial charge in [-0.1, -0.05) is 6.07 Å². The summed E-state index contributed by atoms with van der Waals surface area (Å²) in [6.07, 6.45) is 6.36. The Morgan fingerprint density at radius 1 is 1.21 bits per heavy atom. The average molecular weight is 393 g/mol. The van der Waals surface area contributed by atoms with E-state index < -0.39 is 0 Å². The first-order valence-electron chi connectivity index (χ1n) is 10.6. The highest BCUT2D eigenvalue weighted by molar-refractivity contribution is 5.76. The maximum absolute atomic E-state index is 12.9. The normalized spacial score (nSPS) is 19.9. The zero-order valence-corrected chi connectivity index (χ0v) is 16.6. The van der Waals surface area contributed by atoms with Crippen LogP contribution in [0.3, 0.4) is 0 Å². The van der Waals surface area contributed by atoms with Gasteiger partial charge in [0.1, 0.15) is 5.82 Å². The fourth-order valence-corrected chi connectivity index (χ4v) is 4.49. The van der Waals surface area contributed by atoms with Crippen LogP contribution in [-0.4, -0.2) is 54.8 Å². The van der Waals surface area contributed by atoms with Gasteiger partial charge in [-0.3, -0.25) is 13.9 Å². The summed E-state index contributed by atoms with van der Waals surface area (Å²) in [7, 11) is 0. The predicted molar refractivity (Wildman–Crippen MR) is 108 cm³/mol. The topological polar surface area (TPSA) is 80.3 Å². The van der Waals surface area contributed by atoms with Crippen LogP contribution in [0.15, 0.2) is 30.5 Å². The first-order chi connectivity index (χ1) is 14.3. The molecule has 152 valence electrons. The molecule has 2 aliphatic rings. The van der Waals surface area contributed by atoms with Crippen molar-refractivity contribution in [2.45, 2.75) is 51.1 Å². The van der Waals surface area contributed by atoms with Crippen LogP contribution < -0.4 is 5.32 Å². The van der Waals surface area contributed by atoms with Crippen LogP contribution in [-0.2, 0) is 24.3 Å². The van der Waals surface area contributed by atoms with Gasteiger partial charge < -0.3 is 10.2 Å². The molecule has 3 aromatic rings. The van der Waals surface area contributed by atoms with Crippen LogP contribution in [0.5, 0.6) is 0 Å². The summed E-state index contributed by atoms with van der Waals surface area (Å²) in [6, 6.07) is 8.07. The number of amides is 1. The van der Waals surface area contributed by atoms with E-state index in [0.29, 0.717) is 12.8 Å². The van der Waals surface area contributed by atoms with Gasteiger partial charge in [-0.05, 0) is 44.0 Å². The Balaban J connectivity index is 1.22. The maximum atomic E-state index is 12.9. The van der Waals surface area contributed by atoms with Crippen molar-refractivity contribution in [3.8, 4) is 0 Å². The number of nitrogens with zero attached hydrogens (tertiary/aromatic N) is 6. The Morgan fingerprint density at radius 3 is 3.14 bits per heavy atom. The van der Waals surface area contributed by atoms with Crippen molar-refractivity contribution in [1.82, 2.24) is 34.6 Å². The van der Waals surface area contributed by atoms with Gasteiger partial charge in [0, 0.05) is 51.1 Å². The van der Waals surface area contributed by atoms with Crippen LogP contribution in [0.1, 0.15) is 48.8 Å². The number of hydrogen-bond acceptors (Lipinski definition) is 5. The van der Waals surface area contributed by atoms with Crippen LogP contribution in [0.2, 0.25) is 0 Å². The third-order valence-electron chi connectivity index (χ3n) is 6.02. The minimum atomic E-state index is 0.213. The van der Waals surface area contributed by atoms with Crippen molar-refractivity contribution < 1.29 is 4.79 Å². The molecule has 0 spiro atoms. The fraction of sp³-hybridized carbons (Fsp3) is 0.524. The molecule has 8 heteroatoms. The second-order valence-electron chi connectivity index (χ2n) is 8.05. The Bertz CT molecular complexity index is 984. The Kier molecular flexibility index (Phi) is 5.01. The molecule has 0 aliphatic carbocycles. The number of rotatable bonds is 4. The highest BCUT2D eigenvalue weighted by atomic mass is 16.2. The number of pyridine rings is 1. The lowest BCUT2D eigenvalue weighted by molar-refractivity contribution is -0.132. The predicted octanol–water partition coefficient (Wildman–Crippen LogP) is 1.76. The Hall–Kier alpha value is -2.74. The quantitative estimate of drug-likeness (QED) is 0.731. The van der Waals surface area contributed by atoms with Crippen molar-refractivity contribution in [3.63, 3.8) is 0 Å². The third kappa shape index (κ3) is 3.76. The summed E-state index contributed by atoms with van der Waals surface area (Å²) in [6.45, 7) is 4.40. The average Bonchev–Trinajstić information content (AvgIpc) is 3.30. The molecular formula is C21H27N7O. The van der Waals surface area contributed by atoms with Crippen molar-refractivity contribution >= 4 is 11.6 Å². The lowest BCUT2D eigenvalue weighted by Crippen LogP contribution is -2.39. The van der Waals surface area contributed by atoms with Gasteiger partial charge in [0.25, 0.3) is 0 Å². The summed E-state index contributed by atoms with van der Waals surface area (Å²) >= 11 is 0. The van der Waals surface area contributed by atoms with E-state index >= 15 is 0 Å². The molecule has 5 rings (SSSR count).